The van der Waals surface area contributed by atoms with Crippen LogP contribution in [0.5, 0.6) is 0 Å². The number of methoxy groups -OCH3 is 1. The van der Waals surface area contributed by atoms with E-state index in [9.17, 15) is 14.9 Å². The Hall–Kier alpha value is -3.40. The van der Waals surface area contributed by atoms with Crippen LogP contribution in [0.2, 0.25) is 0 Å². The highest BCUT2D eigenvalue weighted by Crippen LogP contribution is 2.26. The lowest BCUT2D eigenvalue weighted by atomic mass is 10.1. The summed E-state index contributed by atoms with van der Waals surface area (Å²) in [5.74, 6) is -0.114. The standard InChI is InChI=1S/C15H10N2O5/c1-21-15(18)11(9-16)8-13-5-6-14(22-13)10-3-2-4-12(7-10)17(19)20/h2-8H,1H3. The Bertz CT molecular complexity index is 798. The first kappa shape index (κ1) is 15.0. The second-order valence-corrected chi connectivity index (χ2v) is 4.17. The van der Waals surface area contributed by atoms with Gasteiger partial charge in [-0.05, 0) is 12.1 Å². The highest BCUT2D eigenvalue weighted by Gasteiger charge is 2.12. The van der Waals surface area contributed by atoms with Crippen molar-refractivity contribution in [3.8, 4) is 17.4 Å². The molecule has 110 valence electrons. The Balaban J connectivity index is 2.34. The third kappa shape index (κ3) is 3.19. The van der Waals surface area contributed by atoms with Crippen molar-refractivity contribution in [3.63, 3.8) is 0 Å². The van der Waals surface area contributed by atoms with E-state index in [0.29, 0.717) is 11.3 Å². The number of non-ortho nitro benzene ring substituents is 1. The summed E-state index contributed by atoms with van der Waals surface area (Å²) in [6.45, 7) is 0. The molecule has 0 amide bonds. The lowest BCUT2D eigenvalue weighted by Crippen LogP contribution is -2.02. The van der Waals surface area contributed by atoms with E-state index in [2.05, 4.69) is 4.74 Å². The Morgan fingerprint density at radius 3 is 2.82 bits per heavy atom. The first-order valence-corrected chi connectivity index (χ1v) is 6.10. The van der Waals surface area contributed by atoms with E-state index in [4.69, 9.17) is 9.68 Å². The van der Waals surface area contributed by atoms with Crippen LogP contribution in [-0.2, 0) is 9.53 Å². The summed E-state index contributed by atoms with van der Waals surface area (Å²) < 4.78 is 9.94. The van der Waals surface area contributed by atoms with Gasteiger partial charge in [0.2, 0.25) is 0 Å². The molecule has 1 aromatic heterocycles. The highest BCUT2D eigenvalue weighted by atomic mass is 16.6. The summed E-state index contributed by atoms with van der Waals surface area (Å²) in [5.41, 5.74) is 0.256. The maximum absolute atomic E-state index is 11.3. The van der Waals surface area contributed by atoms with Gasteiger partial charge in [0.15, 0.2) is 0 Å². The van der Waals surface area contributed by atoms with Gasteiger partial charge in [-0.3, -0.25) is 10.1 Å². The van der Waals surface area contributed by atoms with Crippen LogP contribution < -0.4 is 0 Å². The van der Waals surface area contributed by atoms with Gasteiger partial charge in [0.05, 0.1) is 12.0 Å². The van der Waals surface area contributed by atoms with E-state index >= 15 is 0 Å². The minimum Gasteiger partial charge on any atom is -0.465 e. The largest absolute Gasteiger partial charge is 0.465 e. The molecule has 0 fully saturated rings. The number of nitrogens with zero attached hydrogens (tertiary/aromatic N) is 2. The van der Waals surface area contributed by atoms with Crippen molar-refractivity contribution in [2.75, 3.05) is 7.11 Å². The first-order valence-electron chi connectivity index (χ1n) is 6.10. The molecule has 0 radical (unpaired) electrons. The number of benzene rings is 1. The van der Waals surface area contributed by atoms with Gasteiger partial charge in [-0.25, -0.2) is 4.79 Å². The SMILES string of the molecule is COC(=O)C(C#N)=Cc1ccc(-c2cccc([N+](=O)[O-])c2)o1. The summed E-state index contributed by atoms with van der Waals surface area (Å²) in [5, 5.41) is 19.6. The second-order valence-electron chi connectivity index (χ2n) is 4.17. The third-order valence-electron chi connectivity index (χ3n) is 2.78. The molecule has 0 N–H and O–H groups in total. The fourth-order valence-electron chi connectivity index (χ4n) is 1.75. The number of ether oxygens (including phenoxy) is 1. The minimum atomic E-state index is -0.768. The zero-order chi connectivity index (χ0) is 16.1. The maximum atomic E-state index is 11.3. The molecular weight excluding hydrogens is 288 g/mol. The summed E-state index contributed by atoms with van der Waals surface area (Å²) in [7, 11) is 1.17. The normalized spacial score (nSPS) is 10.8. The number of furan rings is 1. The number of nitriles is 1. The quantitative estimate of drug-likeness (QED) is 0.282. The van der Waals surface area contributed by atoms with Crippen LogP contribution in [-0.4, -0.2) is 18.0 Å². The molecule has 2 rings (SSSR count). The molecule has 1 aromatic carbocycles. The Kier molecular flexibility index (Phi) is 4.34. The number of nitro benzene ring substituents is 1. The van der Waals surface area contributed by atoms with Gasteiger partial charge in [0, 0.05) is 23.8 Å². The molecule has 22 heavy (non-hydrogen) atoms. The number of nitro groups is 1. The van der Waals surface area contributed by atoms with Crippen LogP contribution >= 0.6 is 0 Å². The van der Waals surface area contributed by atoms with Gasteiger partial charge in [0.25, 0.3) is 5.69 Å². The maximum Gasteiger partial charge on any atom is 0.348 e. The van der Waals surface area contributed by atoms with Crippen molar-refractivity contribution >= 4 is 17.7 Å². The van der Waals surface area contributed by atoms with Crippen LogP contribution in [0.3, 0.4) is 0 Å². The smallest absolute Gasteiger partial charge is 0.348 e. The minimum absolute atomic E-state index is 0.0572. The monoisotopic (exact) mass is 298 g/mol. The number of rotatable bonds is 4. The molecular formula is C15H10N2O5. The lowest BCUT2D eigenvalue weighted by molar-refractivity contribution is -0.384. The number of esters is 1. The van der Waals surface area contributed by atoms with Crippen LogP contribution in [0.1, 0.15) is 5.76 Å². The Morgan fingerprint density at radius 1 is 1.41 bits per heavy atom. The number of hydrogen-bond acceptors (Lipinski definition) is 6. The highest BCUT2D eigenvalue weighted by molar-refractivity contribution is 5.97. The molecule has 0 spiro atoms. The Morgan fingerprint density at radius 2 is 2.18 bits per heavy atom. The molecule has 0 aliphatic heterocycles. The van der Waals surface area contributed by atoms with E-state index in [-0.39, 0.29) is 17.0 Å². The molecule has 7 heteroatoms. The Labute approximate surface area is 125 Å². The van der Waals surface area contributed by atoms with Crippen LogP contribution in [0, 0.1) is 21.4 Å². The van der Waals surface area contributed by atoms with Crippen LogP contribution in [0.25, 0.3) is 17.4 Å². The average molecular weight is 298 g/mol. The molecule has 7 nitrogen and oxygen atoms in total. The van der Waals surface area contributed by atoms with Crippen molar-refractivity contribution in [2.45, 2.75) is 0 Å². The fraction of sp³-hybridized carbons (Fsp3) is 0.0667. The second kappa shape index (κ2) is 6.37. The van der Waals surface area contributed by atoms with Gasteiger partial charge in [-0.15, -0.1) is 0 Å². The molecule has 0 aliphatic rings. The summed E-state index contributed by atoms with van der Waals surface area (Å²) in [6.07, 6.45) is 1.24. The molecule has 0 bridgehead atoms. The van der Waals surface area contributed by atoms with E-state index in [0.717, 1.165) is 0 Å². The van der Waals surface area contributed by atoms with E-state index in [1.54, 1.807) is 30.3 Å². The molecule has 2 aromatic rings. The van der Waals surface area contributed by atoms with Crippen LogP contribution in [0.4, 0.5) is 5.69 Å². The summed E-state index contributed by atoms with van der Waals surface area (Å²) >= 11 is 0. The molecule has 0 saturated carbocycles. The lowest BCUT2D eigenvalue weighted by Gasteiger charge is -1.97. The average Bonchev–Trinajstić information content (AvgIpc) is 3.00. The predicted molar refractivity (Wildman–Crippen MR) is 76.4 cm³/mol. The number of hydrogen-bond donors (Lipinski definition) is 0. The van der Waals surface area contributed by atoms with Crippen molar-refractivity contribution in [1.82, 2.24) is 0 Å². The van der Waals surface area contributed by atoms with E-state index in [1.807, 2.05) is 0 Å². The van der Waals surface area contributed by atoms with Crippen molar-refractivity contribution in [2.24, 2.45) is 0 Å². The third-order valence-corrected chi connectivity index (χ3v) is 2.78. The van der Waals surface area contributed by atoms with E-state index < -0.39 is 10.9 Å². The van der Waals surface area contributed by atoms with Gasteiger partial charge in [-0.1, -0.05) is 12.1 Å². The van der Waals surface area contributed by atoms with Gasteiger partial charge < -0.3 is 9.15 Å². The van der Waals surface area contributed by atoms with Crippen LogP contribution in [0.15, 0.2) is 46.4 Å². The fourth-order valence-corrected chi connectivity index (χ4v) is 1.75. The number of carbonyl (C=O) groups excluding carboxylic acids is 1. The van der Waals surface area contributed by atoms with Gasteiger partial charge in [0.1, 0.15) is 23.2 Å². The number of carbonyl (C=O) groups is 1. The van der Waals surface area contributed by atoms with E-state index in [1.165, 1.54) is 25.3 Å². The first-order chi connectivity index (χ1) is 10.5. The molecule has 0 saturated heterocycles. The molecule has 1 heterocycles. The summed E-state index contributed by atoms with van der Waals surface area (Å²) in [6, 6.07) is 10.8. The van der Waals surface area contributed by atoms with Crippen molar-refractivity contribution in [1.29, 1.82) is 5.26 Å². The summed E-state index contributed by atoms with van der Waals surface area (Å²) in [4.78, 5) is 21.6. The topological polar surface area (TPSA) is 106 Å². The zero-order valence-corrected chi connectivity index (χ0v) is 11.5. The predicted octanol–water partition coefficient (Wildman–Crippen LogP) is 2.93. The zero-order valence-electron chi connectivity index (χ0n) is 11.5. The van der Waals surface area contributed by atoms with Gasteiger partial charge in [-0.2, -0.15) is 5.26 Å². The molecule has 0 aliphatic carbocycles. The van der Waals surface area contributed by atoms with Crippen molar-refractivity contribution in [3.05, 3.63) is 57.8 Å². The molecule has 0 atom stereocenters. The molecule has 0 unspecified atom stereocenters. The van der Waals surface area contributed by atoms with Crippen molar-refractivity contribution < 1.29 is 18.9 Å². The van der Waals surface area contributed by atoms with Gasteiger partial charge >= 0.3 is 5.97 Å².